The van der Waals surface area contributed by atoms with Crippen molar-refractivity contribution in [3.05, 3.63) is 35.6 Å². The number of ether oxygens (including phenoxy) is 1. The number of hydrogen-bond acceptors (Lipinski definition) is 3. The lowest BCUT2D eigenvalue weighted by Gasteiger charge is -2.25. The van der Waals surface area contributed by atoms with E-state index in [0.717, 1.165) is 12.1 Å². The molecule has 0 saturated carbocycles. The van der Waals surface area contributed by atoms with Crippen molar-refractivity contribution in [1.29, 1.82) is 0 Å². The van der Waals surface area contributed by atoms with Gasteiger partial charge in [-0.1, -0.05) is 12.1 Å². The Labute approximate surface area is 132 Å². The predicted molar refractivity (Wildman–Crippen MR) is 86.1 cm³/mol. The summed E-state index contributed by atoms with van der Waals surface area (Å²) in [5, 5.41) is 0. The molecule has 5 heteroatoms. The van der Waals surface area contributed by atoms with Crippen LogP contribution in [0.4, 0.5) is 4.39 Å². The summed E-state index contributed by atoms with van der Waals surface area (Å²) in [4.78, 5) is 16.2. The molecule has 0 N–H and O–H groups in total. The monoisotopic (exact) mass is 310 g/mol. The molecule has 0 bridgehead atoms. The van der Waals surface area contributed by atoms with Crippen LogP contribution in [-0.2, 0) is 16.1 Å². The highest BCUT2D eigenvalue weighted by molar-refractivity contribution is 5.76. The van der Waals surface area contributed by atoms with E-state index in [0.29, 0.717) is 26.1 Å². The lowest BCUT2D eigenvalue weighted by atomic mass is 10.2. The number of halogens is 1. The molecule has 0 radical (unpaired) electrons. The molecule has 1 rings (SSSR count). The van der Waals surface area contributed by atoms with Crippen LogP contribution in [0.1, 0.15) is 25.8 Å². The molecule has 1 amide bonds. The topological polar surface area (TPSA) is 32.8 Å². The van der Waals surface area contributed by atoms with Crippen molar-refractivity contribution in [2.75, 3.05) is 33.8 Å². The minimum absolute atomic E-state index is 0.0619. The second-order valence-electron chi connectivity index (χ2n) is 5.91. The van der Waals surface area contributed by atoms with Crippen molar-refractivity contribution in [2.24, 2.45) is 0 Å². The van der Waals surface area contributed by atoms with Crippen molar-refractivity contribution < 1.29 is 13.9 Å². The molecule has 4 nitrogen and oxygen atoms in total. The van der Waals surface area contributed by atoms with Gasteiger partial charge in [-0.2, -0.15) is 0 Å². The average Bonchev–Trinajstić information content (AvgIpc) is 2.44. The van der Waals surface area contributed by atoms with E-state index in [1.807, 2.05) is 32.8 Å². The second-order valence-corrected chi connectivity index (χ2v) is 5.91. The fraction of sp³-hybridized carbons (Fsp3) is 0.588. The standard InChI is InChI=1S/C17H27FN2O2/c1-14(2)22-12-9-17(21)20(11-10-19(3)4)13-15-5-7-16(18)8-6-15/h5-8,14H,9-13H2,1-4H3. The van der Waals surface area contributed by atoms with Crippen LogP contribution in [-0.4, -0.2) is 55.6 Å². The predicted octanol–water partition coefficient (Wildman–Crippen LogP) is 2.53. The Morgan fingerprint density at radius 1 is 1.18 bits per heavy atom. The maximum Gasteiger partial charge on any atom is 0.225 e. The van der Waals surface area contributed by atoms with Crippen LogP contribution >= 0.6 is 0 Å². The number of rotatable bonds is 9. The molecule has 124 valence electrons. The second kappa shape index (κ2) is 9.54. The Morgan fingerprint density at radius 3 is 2.36 bits per heavy atom. The first-order valence-corrected chi connectivity index (χ1v) is 7.67. The Hall–Kier alpha value is -1.46. The molecule has 0 saturated heterocycles. The molecule has 0 aromatic heterocycles. The Bertz CT molecular complexity index is 446. The largest absolute Gasteiger partial charge is 0.378 e. The molecule has 0 unspecified atom stereocenters. The maximum absolute atomic E-state index is 13.0. The van der Waals surface area contributed by atoms with Crippen LogP contribution in [0, 0.1) is 5.82 Å². The summed E-state index contributed by atoms with van der Waals surface area (Å²) < 4.78 is 18.4. The van der Waals surface area contributed by atoms with Crippen molar-refractivity contribution in [2.45, 2.75) is 32.9 Å². The molecule has 22 heavy (non-hydrogen) atoms. The summed E-state index contributed by atoms with van der Waals surface area (Å²) in [7, 11) is 3.95. The SMILES string of the molecule is CC(C)OCCC(=O)N(CCN(C)C)Cc1ccc(F)cc1. The van der Waals surface area contributed by atoms with Crippen LogP contribution < -0.4 is 0 Å². The summed E-state index contributed by atoms with van der Waals surface area (Å²) in [6, 6.07) is 6.28. The molecule has 0 heterocycles. The third-order valence-corrected chi connectivity index (χ3v) is 3.22. The first-order chi connectivity index (χ1) is 10.4. The van der Waals surface area contributed by atoms with Gasteiger partial charge in [0, 0.05) is 19.6 Å². The van der Waals surface area contributed by atoms with Crippen molar-refractivity contribution in [3.63, 3.8) is 0 Å². The number of amides is 1. The Kier molecular flexibility index (Phi) is 8.06. The fourth-order valence-electron chi connectivity index (χ4n) is 1.96. The summed E-state index contributed by atoms with van der Waals surface area (Å²) in [6.07, 6.45) is 0.493. The van der Waals surface area contributed by atoms with E-state index >= 15 is 0 Å². The van der Waals surface area contributed by atoms with E-state index in [1.54, 1.807) is 17.0 Å². The van der Waals surface area contributed by atoms with Gasteiger partial charge < -0.3 is 14.5 Å². The van der Waals surface area contributed by atoms with E-state index in [-0.39, 0.29) is 17.8 Å². The third-order valence-electron chi connectivity index (χ3n) is 3.22. The maximum atomic E-state index is 13.0. The van der Waals surface area contributed by atoms with Crippen LogP contribution in [0.25, 0.3) is 0 Å². The fourth-order valence-corrected chi connectivity index (χ4v) is 1.96. The van der Waals surface area contributed by atoms with E-state index in [1.165, 1.54) is 12.1 Å². The summed E-state index contributed by atoms with van der Waals surface area (Å²) in [5.74, 6) is -0.202. The number of carbonyl (C=O) groups excluding carboxylic acids is 1. The van der Waals surface area contributed by atoms with E-state index in [2.05, 4.69) is 0 Å². The van der Waals surface area contributed by atoms with E-state index in [4.69, 9.17) is 4.74 Å². The Morgan fingerprint density at radius 2 is 1.82 bits per heavy atom. The molecule has 0 aliphatic heterocycles. The highest BCUT2D eigenvalue weighted by Crippen LogP contribution is 2.08. The minimum atomic E-state index is -0.264. The highest BCUT2D eigenvalue weighted by atomic mass is 19.1. The van der Waals surface area contributed by atoms with Gasteiger partial charge >= 0.3 is 0 Å². The van der Waals surface area contributed by atoms with E-state index < -0.39 is 0 Å². The molecular weight excluding hydrogens is 283 g/mol. The summed E-state index contributed by atoms with van der Waals surface area (Å²) in [5.41, 5.74) is 0.929. The summed E-state index contributed by atoms with van der Waals surface area (Å²) in [6.45, 7) is 6.26. The number of hydrogen-bond donors (Lipinski definition) is 0. The molecule has 0 atom stereocenters. The van der Waals surface area contributed by atoms with Crippen molar-refractivity contribution in [1.82, 2.24) is 9.80 Å². The molecular formula is C17H27FN2O2. The van der Waals surface area contributed by atoms with Crippen LogP contribution in [0.15, 0.2) is 24.3 Å². The van der Waals surface area contributed by atoms with Crippen LogP contribution in [0.5, 0.6) is 0 Å². The van der Waals surface area contributed by atoms with Gasteiger partial charge in [-0.25, -0.2) is 4.39 Å². The quantitative estimate of drug-likeness (QED) is 0.703. The number of nitrogens with zero attached hydrogens (tertiary/aromatic N) is 2. The average molecular weight is 310 g/mol. The normalized spacial score (nSPS) is 11.2. The van der Waals surface area contributed by atoms with Gasteiger partial charge in [-0.3, -0.25) is 4.79 Å². The zero-order chi connectivity index (χ0) is 16.5. The first-order valence-electron chi connectivity index (χ1n) is 7.67. The number of likely N-dealkylation sites (N-methyl/N-ethyl adjacent to an activating group) is 1. The molecule has 0 spiro atoms. The molecule has 0 aliphatic carbocycles. The van der Waals surface area contributed by atoms with Gasteiger partial charge in [0.25, 0.3) is 0 Å². The summed E-state index contributed by atoms with van der Waals surface area (Å²) >= 11 is 0. The molecule has 0 fully saturated rings. The van der Waals surface area contributed by atoms with Gasteiger partial charge in [-0.05, 0) is 45.6 Å². The lowest BCUT2D eigenvalue weighted by Crippen LogP contribution is -2.36. The van der Waals surface area contributed by atoms with Gasteiger partial charge in [-0.15, -0.1) is 0 Å². The third kappa shape index (κ3) is 7.52. The van der Waals surface area contributed by atoms with Gasteiger partial charge in [0.05, 0.1) is 19.1 Å². The van der Waals surface area contributed by atoms with Gasteiger partial charge in [0.1, 0.15) is 5.82 Å². The molecule has 1 aromatic carbocycles. The highest BCUT2D eigenvalue weighted by Gasteiger charge is 2.14. The molecule has 0 aliphatic rings. The zero-order valence-corrected chi connectivity index (χ0v) is 14.0. The van der Waals surface area contributed by atoms with Crippen molar-refractivity contribution >= 4 is 5.91 Å². The number of carbonyl (C=O) groups is 1. The number of benzene rings is 1. The van der Waals surface area contributed by atoms with E-state index in [9.17, 15) is 9.18 Å². The van der Waals surface area contributed by atoms with Crippen LogP contribution in [0.2, 0.25) is 0 Å². The molecule has 1 aromatic rings. The first kappa shape index (κ1) is 18.6. The van der Waals surface area contributed by atoms with Gasteiger partial charge in [0.2, 0.25) is 5.91 Å². The van der Waals surface area contributed by atoms with Gasteiger partial charge in [0.15, 0.2) is 0 Å². The van der Waals surface area contributed by atoms with Crippen LogP contribution in [0.3, 0.4) is 0 Å². The lowest BCUT2D eigenvalue weighted by molar-refractivity contribution is -0.133. The minimum Gasteiger partial charge on any atom is -0.378 e. The smallest absolute Gasteiger partial charge is 0.225 e. The zero-order valence-electron chi connectivity index (χ0n) is 14.0. The van der Waals surface area contributed by atoms with Crippen molar-refractivity contribution in [3.8, 4) is 0 Å². The Balaban J connectivity index is 2.61.